The first-order valence-corrected chi connectivity index (χ1v) is 7.02. The molecule has 0 heterocycles. The van der Waals surface area contributed by atoms with Crippen molar-refractivity contribution in [2.75, 3.05) is 0 Å². The van der Waals surface area contributed by atoms with Crippen molar-refractivity contribution < 1.29 is 14.7 Å². The summed E-state index contributed by atoms with van der Waals surface area (Å²) in [7, 11) is 0. The predicted octanol–water partition coefficient (Wildman–Crippen LogP) is 3.63. The van der Waals surface area contributed by atoms with Crippen molar-refractivity contribution in [1.82, 2.24) is 0 Å². The minimum absolute atomic E-state index is 0.103. The first kappa shape index (κ1) is 12.8. The normalized spacial score (nSPS) is 13.1. The summed E-state index contributed by atoms with van der Waals surface area (Å²) in [6, 6.07) is 13.9. The highest BCUT2D eigenvalue weighted by atomic mass is 16.3. The molecule has 22 heavy (non-hydrogen) atoms. The molecule has 0 aliphatic heterocycles. The van der Waals surface area contributed by atoms with Crippen LogP contribution < -0.4 is 0 Å². The van der Waals surface area contributed by atoms with Gasteiger partial charge in [-0.2, -0.15) is 0 Å². The van der Waals surface area contributed by atoms with Gasteiger partial charge in [-0.1, -0.05) is 42.0 Å². The zero-order valence-corrected chi connectivity index (χ0v) is 11.9. The van der Waals surface area contributed by atoms with Crippen LogP contribution >= 0.6 is 0 Å². The number of phenolic OH excluding ortho intramolecular Hbond substituents is 1. The van der Waals surface area contributed by atoms with Crippen molar-refractivity contribution in [3.8, 4) is 5.75 Å². The van der Waals surface area contributed by atoms with Gasteiger partial charge in [0.15, 0.2) is 11.6 Å². The maximum absolute atomic E-state index is 12.8. The van der Waals surface area contributed by atoms with Gasteiger partial charge in [0.05, 0.1) is 5.56 Å². The number of benzene rings is 3. The average molecular weight is 288 g/mol. The van der Waals surface area contributed by atoms with Gasteiger partial charge in [0.25, 0.3) is 0 Å². The number of carbonyl (C=O) groups excluding carboxylic acids is 2. The van der Waals surface area contributed by atoms with Crippen LogP contribution in [0.2, 0.25) is 0 Å². The highest BCUT2D eigenvalue weighted by molar-refractivity contribution is 6.32. The van der Waals surface area contributed by atoms with Crippen LogP contribution in [0.25, 0.3) is 10.8 Å². The van der Waals surface area contributed by atoms with E-state index in [2.05, 4.69) is 0 Å². The number of hydrogen-bond donors (Lipinski definition) is 1. The zero-order valence-electron chi connectivity index (χ0n) is 11.9. The van der Waals surface area contributed by atoms with E-state index in [1.54, 1.807) is 18.2 Å². The van der Waals surface area contributed by atoms with Gasteiger partial charge in [0.2, 0.25) is 0 Å². The molecule has 106 valence electrons. The second kappa shape index (κ2) is 4.28. The standard InChI is InChI=1S/C19H12O3/c1-10-5-7-12-11(9-10)6-8-14-16(12)18(21)13-3-2-4-15(20)17(13)19(14)22/h2-9,20H,1H3. The monoisotopic (exact) mass is 288 g/mol. The molecule has 0 spiro atoms. The Morgan fingerprint density at radius 3 is 2.36 bits per heavy atom. The van der Waals surface area contributed by atoms with E-state index < -0.39 is 0 Å². The van der Waals surface area contributed by atoms with Crippen LogP contribution in [-0.4, -0.2) is 16.7 Å². The van der Waals surface area contributed by atoms with Crippen molar-refractivity contribution in [2.24, 2.45) is 0 Å². The third kappa shape index (κ3) is 1.56. The van der Waals surface area contributed by atoms with Crippen LogP contribution in [-0.2, 0) is 0 Å². The van der Waals surface area contributed by atoms with Gasteiger partial charge in [-0.3, -0.25) is 9.59 Å². The Morgan fingerprint density at radius 2 is 1.55 bits per heavy atom. The lowest BCUT2D eigenvalue weighted by Gasteiger charge is -2.20. The summed E-state index contributed by atoms with van der Waals surface area (Å²) in [5, 5.41) is 11.7. The van der Waals surface area contributed by atoms with Crippen LogP contribution in [0.5, 0.6) is 5.75 Å². The van der Waals surface area contributed by atoms with E-state index in [9.17, 15) is 14.7 Å². The van der Waals surface area contributed by atoms with E-state index in [4.69, 9.17) is 0 Å². The molecule has 0 atom stereocenters. The fourth-order valence-corrected chi connectivity index (χ4v) is 3.12. The molecule has 0 saturated carbocycles. The lowest BCUT2D eigenvalue weighted by atomic mass is 9.81. The molecule has 0 unspecified atom stereocenters. The molecule has 1 aliphatic rings. The zero-order chi connectivity index (χ0) is 15.4. The maximum Gasteiger partial charge on any atom is 0.198 e. The maximum atomic E-state index is 12.8. The van der Waals surface area contributed by atoms with E-state index >= 15 is 0 Å². The molecule has 0 radical (unpaired) electrons. The molecule has 1 N–H and O–H groups in total. The second-order valence-electron chi connectivity index (χ2n) is 5.57. The third-order valence-corrected chi connectivity index (χ3v) is 4.16. The topological polar surface area (TPSA) is 54.4 Å². The molecule has 0 bridgehead atoms. The highest BCUT2D eigenvalue weighted by Crippen LogP contribution is 2.36. The molecule has 3 heteroatoms. The first-order valence-electron chi connectivity index (χ1n) is 7.02. The Balaban J connectivity index is 2.11. The summed E-state index contributed by atoms with van der Waals surface area (Å²) < 4.78 is 0. The summed E-state index contributed by atoms with van der Waals surface area (Å²) in [6.45, 7) is 1.99. The second-order valence-corrected chi connectivity index (χ2v) is 5.57. The molecular formula is C19H12O3. The number of aromatic hydroxyl groups is 1. The number of fused-ring (bicyclic) bond motifs is 4. The first-order chi connectivity index (χ1) is 10.6. The van der Waals surface area contributed by atoms with Crippen molar-refractivity contribution in [2.45, 2.75) is 6.92 Å². The molecule has 0 saturated heterocycles. The lowest BCUT2D eigenvalue weighted by molar-refractivity contribution is 0.0978. The van der Waals surface area contributed by atoms with E-state index in [1.807, 2.05) is 31.2 Å². The molecule has 1 aliphatic carbocycles. The van der Waals surface area contributed by atoms with Crippen molar-refractivity contribution >= 4 is 22.3 Å². The molecule has 3 nitrogen and oxygen atoms in total. The largest absolute Gasteiger partial charge is 0.507 e. The number of hydrogen-bond acceptors (Lipinski definition) is 3. The molecule has 0 fully saturated rings. The van der Waals surface area contributed by atoms with Crippen molar-refractivity contribution in [3.05, 3.63) is 76.3 Å². The van der Waals surface area contributed by atoms with Gasteiger partial charge in [-0.25, -0.2) is 0 Å². The number of ketones is 2. The number of carbonyl (C=O) groups is 2. The van der Waals surface area contributed by atoms with Gasteiger partial charge in [0, 0.05) is 16.7 Å². The fourth-order valence-electron chi connectivity index (χ4n) is 3.12. The Labute approximate surface area is 126 Å². The fraction of sp³-hybridized carbons (Fsp3) is 0.0526. The van der Waals surface area contributed by atoms with Gasteiger partial charge in [-0.15, -0.1) is 0 Å². The Morgan fingerprint density at radius 1 is 0.818 bits per heavy atom. The molecule has 0 aromatic heterocycles. The Kier molecular flexibility index (Phi) is 2.48. The van der Waals surface area contributed by atoms with Gasteiger partial charge < -0.3 is 5.11 Å². The van der Waals surface area contributed by atoms with E-state index in [0.717, 1.165) is 16.3 Å². The predicted molar refractivity (Wildman–Crippen MR) is 83.7 cm³/mol. The van der Waals surface area contributed by atoms with Crippen LogP contribution in [0.3, 0.4) is 0 Å². The van der Waals surface area contributed by atoms with Gasteiger partial charge in [-0.05, 0) is 29.8 Å². The van der Waals surface area contributed by atoms with Crippen molar-refractivity contribution in [1.29, 1.82) is 0 Å². The van der Waals surface area contributed by atoms with Gasteiger partial charge in [0.1, 0.15) is 5.75 Å². The molecule has 0 amide bonds. The molecular weight excluding hydrogens is 276 g/mol. The minimum atomic E-state index is -0.301. The Hall–Kier alpha value is -2.94. The number of phenols is 1. The van der Waals surface area contributed by atoms with Crippen LogP contribution in [0.4, 0.5) is 0 Å². The smallest absolute Gasteiger partial charge is 0.198 e. The van der Waals surface area contributed by atoms with E-state index in [1.165, 1.54) is 6.07 Å². The van der Waals surface area contributed by atoms with Crippen molar-refractivity contribution in [3.63, 3.8) is 0 Å². The SMILES string of the molecule is Cc1ccc2c3c(ccc2c1)C(=O)c1c(O)cccc1C3=O. The summed E-state index contributed by atoms with van der Waals surface area (Å²) in [6.07, 6.45) is 0. The summed E-state index contributed by atoms with van der Waals surface area (Å²) >= 11 is 0. The van der Waals surface area contributed by atoms with Crippen LogP contribution in [0, 0.1) is 6.92 Å². The summed E-state index contributed by atoms with van der Waals surface area (Å²) in [5.74, 6) is -0.661. The quantitative estimate of drug-likeness (QED) is 0.537. The van der Waals surface area contributed by atoms with E-state index in [0.29, 0.717) is 11.1 Å². The number of aryl methyl sites for hydroxylation is 1. The lowest BCUT2D eigenvalue weighted by Crippen LogP contribution is -2.21. The van der Waals surface area contributed by atoms with Crippen LogP contribution in [0.15, 0.2) is 48.5 Å². The average Bonchev–Trinajstić information content (AvgIpc) is 2.51. The Bertz CT molecular complexity index is 983. The number of rotatable bonds is 0. The molecule has 3 aromatic carbocycles. The minimum Gasteiger partial charge on any atom is -0.507 e. The van der Waals surface area contributed by atoms with E-state index in [-0.39, 0.29) is 28.4 Å². The third-order valence-electron chi connectivity index (χ3n) is 4.16. The van der Waals surface area contributed by atoms with Crippen LogP contribution in [0.1, 0.15) is 37.4 Å². The molecule has 4 rings (SSSR count). The highest BCUT2D eigenvalue weighted by Gasteiger charge is 2.32. The molecule has 3 aromatic rings. The summed E-state index contributed by atoms with van der Waals surface area (Å²) in [4.78, 5) is 25.5. The summed E-state index contributed by atoms with van der Waals surface area (Å²) in [5.41, 5.74) is 2.26. The van der Waals surface area contributed by atoms with Gasteiger partial charge >= 0.3 is 0 Å².